The van der Waals surface area contributed by atoms with Crippen LogP contribution in [0, 0.1) is 0 Å². The molecule has 0 amide bonds. The molecular formula is C24H28N6O3S. The molecule has 0 saturated carbocycles. The number of benzene rings is 1. The van der Waals surface area contributed by atoms with Crippen LogP contribution >= 0.6 is 11.3 Å². The summed E-state index contributed by atoms with van der Waals surface area (Å²) in [6, 6.07) is 8.20. The van der Waals surface area contributed by atoms with Crippen molar-refractivity contribution >= 4 is 44.2 Å². The fourth-order valence-corrected chi connectivity index (χ4v) is 5.32. The van der Waals surface area contributed by atoms with E-state index < -0.39 is 5.97 Å². The van der Waals surface area contributed by atoms with Crippen molar-refractivity contribution < 1.29 is 14.6 Å². The fourth-order valence-electron chi connectivity index (χ4n) is 4.24. The standard InChI is InChI=1S/C24H28N6O3S/c31-21(32)7-2-1-3-8-25-14-16-13-20-22(34-16)24(30-9-11-33-12-10-30)28-23(27-20)17-5-4-6-19-18(17)15-26-29-19/h4-6,13,15,25H,1-3,7-12,14H2,(H,26,29)(H,31,32). The van der Waals surface area contributed by atoms with Gasteiger partial charge in [0.05, 0.1) is 35.1 Å². The van der Waals surface area contributed by atoms with Crippen LogP contribution < -0.4 is 10.2 Å². The third-order valence-electron chi connectivity index (χ3n) is 5.98. The van der Waals surface area contributed by atoms with Crippen molar-refractivity contribution in [1.29, 1.82) is 0 Å². The second kappa shape index (κ2) is 10.5. The van der Waals surface area contributed by atoms with Gasteiger partial charge in [0.15, 0.2) is 11.6 Å². The van der Waals surface area contributed by atoms with Crippen LogP contribution in [-0.2, 0) is 16.1 Å². The van der Waals surface area contributed by atoms with E-state index in [0.717, 1.165) is 77.9 Å². The predicted molar refractivity (Wildman–Crippen MR) is 133 cm³/mol. The molecule has 9 nitrogen and oxygen atoms in total. The molecule has 0 aliphatic carbocycles. The summed E-state index contributed by atoms with van der Waals surface area (Å²) in [6.45, 7) is 4.63. The Morgan fingerprint density at radius 3 is 2.94 bits per heavy atom. The number of carboxylic acids is 1. The van der Waals surface area contributed by atoms with E-state index in [9.17, 15) is 4.79 Å². The Balaban J connectivity index is 1.39. The molecule has 4 heterocycles. The summed E-state index contributed by atoms with van der Waals surface area (Å²) in [6.07, 6.45) is 4.68. The lowest BCUT2D eigenvalue weighted by Gasteiger charge is -2.28. The average molecular weight is 481 g/mol. The number of morpholine rings is 1. The molecule has 0 atom stereocenters. The number of nitrogens with zero attached hydrogens (tertiary/aromatic N) is 4. The van der Waals surface area contributed by atoms with E-state index in [0.29, 0.717) is 19.0 Å². The summed E-state index contributed by atoms with van der Waals surface area (Å²) in [5, 5.41) is 20.5. The van der Waals surface area contributed by atoms with Gasteiger partial charge in [0.25, 0.3) is 0 Å². The number of aromatic amines is 1. The summed E-state index contributed by atoms with van der Waals surface area (Å²) in [5.74, 6) is 0.948. The fraction of sp³-hybridized carbons (Fsp3) is 0.417. The maximum Gasteiger partial charge on any atom is 0.303 e. The molecule has 10 heteroatoms. The Labute approximate surface area is 201 Å². The second-order valence-corrected chi connectivity index (χ2v) is 9.55. The first-order valence-electron chi connectivity index (χ1n) is 11.7. The topological polar surface area (TPSA) is 116 Å². The number of rotatable bonds is 10. The number of anilines is 1. The molecule has 5 rings (SSSR count). The van der Waals surface area contributed by atoms with E-state index in [-0.39, 0.29) is 6.42 Å². The average Bonchev–Trinajstić information content (AvgIpc) is 3.49. The van der Waals surface area contributed by atoms with Crippen LogP contribution in [0.1, 0.15) is 30.6 Å². The van der Waals surface area contributed by atoms with Crippen LogP contribution in [0.3, 0.4) is 0 Å². The molecule has 1 fully saturated rings. The lowest BCUT2D eigenvalue weighted by Crippen LogP contribution is -2.36. The molecule has 3 aromatic heterocycles. The Bertz CT molecular complexity index is 1280. The molecule has 178 valence electrons. The van der Waals surface area contributed by atoms with Crippen LogP contribution in [0.2, 0.25) is 0 Å². The predicted octanol–water partition coefficient (Wildman–Crippen LogP) is 3.81. The number of hydrogen-bond donors (Lipinski definition) is 3. The van der Waals surface area contributed by atoms with E-state index in [4.69, 9.17) is 19.8 Å². The molecule has 4 aromatic rings. The SMILES string of the molecule is O=C(O)CCCCCNCc1cc2nc(-c3cccc4[nH]ncc34)nc(N3CCOCC3)c2s1. The van der Waals surface area contributed by atoms with Crippen LogP contribution in [-0.4, -0.2) is 64.1 Å². The maximum absolute atomic E-state index is 10.6. The Hall–Kier alpha value is -3.08. The van der Waals surface area contributed by atoms with Gasteiger partial charge in [0.1, 0.15) is 0 Å². The highest BCUT2D eigenvalue weighted by Crippen LogP contribution is 2.35. The first-order valence-corrected chi connectivity index (χ1v) is 12.5. The molecule has 1 saturated heterocycles. The van der Waals surface area contributed by atoms with Crippen molar-refractivity contribution in [2.75, 3.05) is 37.7 Å². The summed E-state index contributed by atoms with van der Waals surface area (Å²) < 4.78 is 6.67. The highest BCUT2D eigenvalue weighted by Gasteiger charge is 2.21. The quantitative estimate of drug-likeness (QED) is 0.294. The number of ether oxygens (including phenoxy) is 1. The molecule has 1 aliphatic heterocycles. The first-order chi connectivity index (χ1) is 16.7. The third-order valence-corrected chi connectivity index (χ3v) is 7.10. The number of carboxylic acid groups (broad SMARTS) is 1. The Kier molecular flexibility index (Phi) is 6.98. The van der Waals surface area contributed by atoms with Gasteiger partial charge in [0, 0.05) is 41.9 Å². The van der Waals surface area contributed by atoms with Gasteiger partial charge in [-0.2, -0.15) is 5.10 Å². The molecule has 34 heavy (non-hydrogen) atoms. The van der Waals surface area contributed by atoms with Gasteiger partial charge < -0.3 is 20.1 Å². The zero-order chi connectivity index (χ0) is 23.3. The van der Waals surface area contributed by atoms with E-state index in [1.54, 1.807) is 11.3 Å². The lowest BCUT2D eigenvalue weighted by molar-refractivity contribution is -0.137. The van der Waals surface area contributed by atoms with E-state index in [1.807, 2.05) is 24.4 Å². The van der Waals surface area contributed by atoms with Crippen LogP contribution in [0.5, 0.6) is 0 Å². The van der Waals surface area contributed by atoms with Crippen LogP contribution in [0.4, 0.5) is 5.82 Å². The number of nitrogens with one attached hydrogen (secondary N) is 2. The van der Waals surface area contributed by atoms with Gasteiger partial charge in [0.2, 0.25) is 0 Å². The second-order valence-electron chi connectivity index (χ2n) is 8.42. The molecule has 0 unspecified atom stereocenters. The molecule has 0 bridgehead atoms. The number of carbonyl (C=O) groups is 1. The summed E-state index contributed by atoms with van der Waals surface area (Å²) >= 11 is 1.73. The minimum Gasteiger partial charge on any atom is -0.481 e. The smallest absolute Gasteiger partial charge is 0.303 e. The van der Waals surface area contributed by atoms with Crippen LogP contribution in [0.15, 0.2) is 30.5 Å². The van der Waals surface area contributed by atoms with E-state index in [1.165, 1.54) is 4.88 Å². The zero-order valence-corrected chi connectivity index (χ0v) is 19.7. The number of H-pyrrole nitrogens is 1. The van der Waals surface area contributed by atoms with Crippen molar-refractivity contribution in [3.63, 3.8) is 0 Å². The molecule has 0 radical (unpaired) electrons. The Morgan fingerprint density at radius 2 is 2.09 bits per heavy atom. The number of aliphatic carboxylic acids is 1. The first kappa shape index (κ1) is 22.7. The van der Waals surface area contributed by atoms with Crippen molar-refractivity contribution in [3.05, 3.63) is 35.3 Å². The van der Waals surface area contributed by atoms with Gasteiger partial charge in [-0.05, 0) is 31.5 Å². The minimum atomic E-state index is -0.723. The summed E-state index contributed by atoms with van der Waals surface area (Å²) in [5.41, 5.74) is 2.89. The zero-order valence-electron chi connectivity index (χ0n) is 18.9. The van der Waals surface area contributed by atoms with E-state index in [2.05, 4.69) is 26.5 Å². The lowest BCUT2D eigenvalue weighted by atomic mass is 10.1. The van der Waals surface area contributed by atoms with Crippen molar-refractivity contribution in [3.8, 4) is 11.4 Å². The van der Waals surface area contributed by atoms with Crippen molar-refractivity contribution in [1.82, 2.24) is 25.5 Å². The Morgan fingerprint density at radius 1 is 1.21 bits per heavy atom. The largest absolute Gasteiger partial charge is 0.481 e. The van der Waals surface area contributed by atoms with Crippen molar-refractivity contribution in [2.45, 2.75) is 32.2 Å². The molecule has 1 aromatic carbocycles. The number of thiophene rings is 1. The number of unbranched alkanes of at least 4 members (excludes halogenated alkanes) is 2. The van der Waals surface area contributed by atoms with Gasteiger partial charge in [-0.25, -0.2) is 9.97 Å². The minimum absolute atomic E-state index is 0.244. The number of aromatic nitrogens is 4. The maximum atomic E-state index is 10.6. The van der Waals surface area contributed by atoms with Crippen LogP contribution in [0.25, 0.3) is 32.5 Å². The van der Waals surface area contributed by atoms with Gasteiger partial charge in [-0.15, -0.1) is 11.3 Å². The number of hydrogen-bond acceptors (Lipinski definition) is 8. The number of fused-ring (bicyclic) bond motifs is 2. The normalized spacial score (nSPS) is 14.3. The highest BCUT2D eigenvalue weighted by atomic mass is 32.1. The highest BCUT2D eigenvalue weighted by molar-refractivity contribution is 7.19. The molecule has 3 N–H and O–H groups in total. The third kappa shape index (κ3) is 5.03. The van der Waals surface area contributed by atoms with Gasteiger partial charge in [-0.3, -0.25) is 9.89 Å². The summed E-state index contributed by atoms with van der Waals surface area (Å²) in [7, 11) is 0. The van der Waals surface area contributed by atoms with Crippen molar-refractivity contribution in [2.24, 2.45) is 0 Å². The van der Waals surface area contributed by atoms with E-state index >= 15 is 0 Å². The molecule has 1 aliphatic rings. The monoisotopic (exact) mass is 480 g/mol. The molecular weight excluding hydrogens is 452 g/mol. The summed E-state index contributed by atoms with van der Waals surface area (Å²) in [4.78, 5) is 24.1. The van der Waals surface area contributed by atoms with Gasteiger partial charge in [-0.1, -0.05) is 18.6 Å². The van der Waals surface area contributed by atoms with Gasteiger partial charge >= 0.3 is 5.97 Å². The molecule has 0 spiro atoms.